The molecule has 0 aromatic carbocycles. The average Bonchev–Trinajstić information content (AvgIpc) is 3.40. The molecular formula is C18H28N6O4. The topological polar surface area (TPSA) is 143 Å². The van der Waals surface area contributed by atoms with Crippen LogP contribution in [0.2, 0.25) is 0 Å². The molecule has 10 heteroatoms. The van der Waals surface area contributed by atoms with Crippen molar-refractivity contribution in [2.45, 2.75) is 69.6 Å². The monoisotopic (exact) mass is 392 g/mol. The zero-order valence-corrected chi connectivity index (χ0v) is 16.0. The van der Waals surface area contributed by atoms with Crippen LogP contribution >= 0.6 is 0 Å². The highest BCUT2D eigenvalue weighted by Gasteiger charge is 2.45. The number of aliphatic hydroxyl groups excluding tert-OH is 3. The quantitative estimate of drug-likeness (QED) is 0.541. The minimum absolute atomic E-state index is 0.250. The molecule has 10 nitrogen and oxygen atoms in total. The maximum atomic E-state index is 10.6. The second kappa shape index (κ2) is 7.78. The van der Waals surface area contributed by atoms with Gasteiger partial charge in [0, 0.05) is 12.6 Å². The first-order valence-electron chi connectivity index (χ1n) is 9.94. The van der Waals surface area contributed by atoms with Crippen molar-refractivity contribution in [3.05, 3.63) is 6.33 Å². The largest absolute Gasteiger partial charge is 0.394 e. The normalized spacial score (nSPS) is 28.4. The van der Waals surface area contributed by atoms with Crippen molar-refractivity contribution in [2.24, 2.45) is 0 Å². The van der Waals surface area contributed by atoms with Crippen molar-refractivity contribution in [1.29, 1.82) is 0 Å². The fourth-order valence-corrected chi connectivity index (χ4v) is 4.35. The number of ether oxygens (including phenoxy) is 1. The molecule has 1 saturated heterocycles. The third kappa shape index (κ3) is 3.10. The first-order chi connectivity index (χ1) is 13.6. The van der Waals surface area contributed by atoms with Crippen molar-refractivity contribution in [1.82, 2.24) is 19.5 Å². The fraction of sp³-hybridized carbons (Fsp3) is 0.722. The van der Waals surface area contributed by atoms with Gasteiger partial charge < -0.3 is 30.7 Å². The van der Waals surface area contributed by atoms with Crippen molar-refractivity contribution in [2.75, 3.05) is 23.8 Å². The third-order valence-electron chi connectivity index (χ3n) is 5.75. The van der Waals surface area contributed by atoms with Crippen LogP contribution in [0.1, 0.15) is 45.3 Å². The zero-order chi connectivity index (χ0) is 19.8. The molecule has 4 rings (SSSR count). The molecule has 3 heterocycles. The lowest BCUT2D eigenvalue weighted by atomic mass is 10.1. The lowest BCUT2D eigenvalue weighted by molar-refractivity contribution is -0.0505. The summed E-state index contributed by atoms with van der Waals surface area (Å²) in [6.45, 7) is 2.50. The third-order valence-corrected chi connectivity index (χ3v) is 5.75. The Morgan fingerprint density at radius 1 is 1.25 bits per heavy atom. The maximum absolute atomic E-state index is 10.6. The summed E-state index contributed by atoms with van der Waals surface area (Å²) in [7, 11) is 0. The van der Waals surface area contributed by atoms with E-state index in [4.69, 9.17) is 15.5 Å². The molecule has 1 aliphatic carbocycles. The molecule has 5 N–H and O–H groups in total. The Kier molecular flexibility index (Phi) is 5.37. The SMILES string of the molecule is CCCN(c1nc2c(N)ncnc2n1[C@@H]1O[C@H](CO)[C@@H](O)[C@H]1O)C1CCCC1. The molecule has 1 aliphatic heterocycles. The molecule has 2 aromatic heterocycles. The Labute approximate surface area is 163 Å². The smallest absolute Gasteiger partial charge is 0.210 e. The van der Waals surface area contributed by atoms with Gasteiger partial charge in [-0.05, 0) is 19.3 Å². The molecule has 28 heavy (non-hydrogen) atoms. The van der Waals surface area contributed by atoms with Crippen LogP contribution in [-0.2, 0) is 4.74 Å². The number of hydrogen-bond donors (Lipinski definition) is 4. The lowest BCUT2D eigenvalue weighted by Crippen LogP contribution is -2.38. The summed E-state index contributed by atoms with van der Waals surface area (Å²) >= 11 is 0. The van der Waals surface area contributed by atoms with Crippen LogP contribution < -0.4 is 10.6 Å². The molecule has 154 valence electrons. The molecule has 0 spiro atoms. The average molecular weight is 392 g/mol. The van der Waals surface area contributed by atoms with Crippen molar-refractivity contribution >= 4 is 22.9 Å². The van der Waals surface area contributed by atoms with E-state index in [1.807, 2.05) is 0 Å². The Morgan fingerprint density at radius 3 is 2.64 bits per heavy atom. The van der Waals surface area contributed by atoms with Gasteiger partial charge in [-0.3, -0.25) is 4.57 Å². The van der Waals surface area contributed by atoms with Gasteiger partial charge in [0.25, 0.3) is 0 Å². The van der Waals surface area contributed by atoms with E-state index in [-0.39, 0.29) is 5.82 Å². The van der Waals surface area contributed by atoms with Crippen molar-refractivity contribution < 1.29 is 20.1 Å². The van der Waals surface area contributed by atoms with Gasteiger partial charge in [-0.15, -0.1) is 0 Å². The highest BCUT2D eigenvalue weighted by atomic mass is 16.6. The number of nitrogen functional groups attached to an aromatic ring is 1. The van der Waals surface area contributed by atoms with Crippen LogP contribution in [0.4, 0.5) is 11.8 Å². The van der Waals surface area contributed by atoms with E-state index in [0.717, 1.165) is 25.8 Å². The van der Waals surface area contributed by atoms with E-state index >= 15 is 0 Å². The number of fused-ring (bicyclic) bond motifs is 1. The molecule has 0 unspecified atom stereocenters. The van der Waals surface area contributed by atoms with Gasteiger partial charge in [0.05, 0.1) is 6.61 Å². The second-order valence-corrected chi connectivity index (χ2v) is 7.57. The van der Waals surface area contributed by atoms with Crippen LogP contribution in [0.25, 0.3) is 11.2 Å². The van der Waals surface area contributed by atoms with E-state index in [1.165, 1.54) is 19.2 Å². The first-order valence-corrected chi connectivity index (χ1v) is 9.94. The fourth-order valence-electron chi connectivity index (χ4n) is 4.35. The molecule has 0 bridgehead atoms. The van der Waals surface area contributed by atoms with Crippen LogP contribution in [0, 0.1) is 0 Å². The molecule has 0 amide bonds. The molecule has 1 saturated carbocycles. The Balaban J connectivity index is 1.86. The van der Waals surface area contributed by atoms with Crippen LogP contribution in [0.5, 0.6) is 0 Å². The molecule has 2 fully saturated rings. The van der Waals surface area contributed by atoms with Crippen LogP contribution in [0.3, 0.4) is 0 Å². The molecule has 4 atom stereocenters. The van der Waals surface area contributed by atoms with Gasteiger partial charge in [-0.1, -0.05) is 19.8 Å². The van der Waals surface area contributed by atoms with Crippen molar-refractivity contribution in [3.63, 3.8) is 0 Å². The van der Waals surface area contributed by atoms with E-state index in [0.29, 0.717) is 23.2 Å². The second-order valence-electron chi connectivity index (χ2n) is 7.57. The van der Waals surface area contributed by atoms with Gasteiger partial charge in [0.15, 0.2) is 23.2 Å². The van der Waals surface area contributed by atoms with E-state index in [1.54, 1.807) is 4.57 Å². The number of imidazole rings is 1. The van der Waals surface area contributed by atoms with E-state index < -0.39 is 31.1 Å². The zero-order valence-electron chi connectivity index (χ0n) is 16.0. The molecular weight excluding hydrogens is 364 g/mol. The number of aromatic nitrogens is 4. The van der Waals surface area contributed by atoms with E-state index in [9.17, 15) is 15.3 Å². The van der Waals surface area contributed by atoms with Gasteiger partial charge in [-0.2, -0.15) is 0 Å². The number of anilines is 2. The lowest BCUT2D eigenvalue weighted by Gasteiger charge is -2.32. The summed E-state index contributed by atoms with van der Waals surface area (Å²) in [5.41, 5.74) is 6.92. The summed E-state index contributed by atoms with van der Waals surface area (Å²) in [4.78, 5) is 15.3. The Morgan fingerprint density at radius 2 is 2.00 bits per heavy atom. The number of nitrogens with two attached hydrogens (primary N) is 1. The van der Waals surface area contributed by atoms with Gasteiger partial charge in [0.2, 0.25) is 5.95 Å². The molecule has 2 aromatic rings. The maximum Gasteiger partial charge on any atom is 0.210 e. The van der Waals surface area contributed by atoms with Crippen molar-refractivity contribution in [3.8, 4) is 0 Å². The van der Waals surface area contributed by atoms with Gasteiger partial charge >= 0.3 is 0 Å². The van der Waals surface area contributed by atoms with Crippen LogP contribution in [-0.4, -0.2) is 72.3 Å². The Hall–Kier alpha value is -2.01. The highest BCUT2D eigenvalue weighted by Crippen LogP contribution is 2.38. The Bertz CT molecular complexity index is 824. The van der Waals surface area contributed by atoms with Crippen LogP contribution in [0.15, 0.2) is 6.33 Å². The minimum Gasteiger partial charge on any atom is -0.394 e. The summed E-state index contributed by atoms with van der Waals surface area (Å²) in [6.07, 6.45) is 2.51. The highest BCUT2D eigenvalue weighted by molar-refractivity contribution is 5.84. The number of aliphatic hydroxyl groups is 3. The first kappa shape index (κ1) is 19.3. The summed E-state index contributed by atoms with van der Waals surface area (Å²) in [5, 5.41) is 30.4. The number of rotatable bonds is 6. The molecule has 0 radical (unpaired) electrons. The van der Waals surface area contributed by atoms with Gasteiger partial charge in [0.1, 0.15) is 24.6 Å². The molecule has 2 aliphatic rings. The summed E-state index contributed by atoms with van der Waals surface area (Å²) in [5.74, 6) is 0.852. The number of hydrogen-bond acceptors (Lipinski definition) is 9. The predicted octanol–water partition coefficient (Wildman–Crippen LogP) is 0.179. The minimum atomic E-state index is -1.23. The summed E-state index contributed by atoms with van der Waals surface area (Å²) in [6, 6.07) is 0.335. The number of nitrogens with zero attached hydrogens (tertiary/aromatic N) is 5. The van der Waals surface area contributed by atoms with E-state index in [2.05, 4.69) is 21.8 Å². The summed E-state index contributed by atoms with van der Waals surface area (Å²) < 4.78 is 7.50. The predicted molar refractivity (Wildman–Crippen MR) is 103 cm³/mol. The van der Waals surface area contributed by atoms with Gasteiger partial charge in [-0.25, -0.2) is 15.0 Å². The standard InChI is InChI=1S/C18H28N6O4/c1-2-7-23(10-5-3-4-6-10)18-22-12-15(19)20-9-21-16(12)24(18)17-14(27)13(26)11(8-25)28-17/h9-11,13-14,17,25-27H,2-8H2,1H3,(H2,19,20,21)/t11-,13-,14-,17-/m1/s1.